The van der Waals surface area contributed by atoms with Gasteiger partial charge in [-0.1, -0.05) is 6.92 Å². The summed E-state index contributed by atoms with van der Waals surface area (Å²) in [5.41, 5.74) is -1.55. The molecule has 5 heteroatoms. The van der Waals surface area contributed by atoms with E-state index in [4.69, 9.17) is 19.2 Å². The molecule has 1 N–H and O–H groups in total. The van der Waals surface area contributed by atoms with Crippen LogP contribution in [0.4, 0.5) is 0 Å². The molecule has 0 aromatic carbocycles. The van der Waals surface area contributed by atoms with Crippen molar-refractivity contribution in [1.82, 2.24) is 0 Å². The predicted molar refractivity (Wildman–Crippen MR) is 69.4 cm³/mol. The van der Waals surface area contributed by atoms with Crippen LogP contribution in [-0.2, 0) is 19.2 Å². The summed E-state index contributed by atoms with van der Waals surface area (Å²) in [4.78, 5) is 11.6. The molecule has 1 saturated carbocycles. The van der Waals surface area contributed by atoms with Crippen LogP contribution in [0, 0.1) is 17.8 Å². The van der Waals surface area contributed by atoms with E-state index < -0.39 is 23.3 Å². The van der Waals surface area contributed by atoms with Crippen LogP contribution in [0.5, 0.6) is 0 Å². The molecule has 4 heterocycles. The van der Waals surface area contributed by atoms with Gasteiger partial charge in [0.2, 0.25) is 5.79 Å². The van der Waals surface area contributed by atoms with E-state index in [9.17, 15) is 5.11 Å². The lowest BCUT2D eigenvalue weighted by Crippen LogP contribution is -2.73. The van der Waals surface area contributed by atoms with E-state index in [0.29, 0.717) is 18.4 Å². The van der Waals surface area contributed by atoms with Gasteiger partial charge in [0.05, 0.1) is 12.2 Å². The minimum absolute atomic E-state index is 0.00222. The SMILES string of the molecule is C[C@@H]1CCC2[C@]34OO[C@](C)(CC[C@@H]13)O[C@H]4OC[C@]2(C)O. The highest BCUT2D eigenvalue weighted by molar-refractivity contribution is 5.12. The monoisotopic (exact) mass is 284 g/mol. The normalized spacial score (nSPS) is 61.8. The Labute approximate surface area is 119 Å². The molecule has 1 unspecified atom stereocenters. The molecule has 1 aliphatic carbocycles. The highest BCUT2D eigenvalue weighted by atomic mass is 17.3. The number of rotatable bonds is 0. The van der Waals surface area contributed by atoms with E-state index in [1.54, 1.807) is 0 Å². The number of ether oxygens (including phenoxy) is 2. The first-order valence-electron chi connectivity index (χ1n) is 7.76. The van der Waals surface area contributed by atoms with Gasteiger partial charge in [-0.3, -0.25) is 0 Å². The third-order valence-electron chi connectivity index (χ3n) is 6.00. The molecule has 114 valence electrons. The summed E-state index contributed by atoms with van der Waals surface area (Å²) in [6.07, 6.45) is 3.40. The summed E-state index contributed by atoms with van der Waals surface area (Å²) in [6.45, 7) is 6.32. The zero-order valence-corrected chi connectivity index (χ0v) is 12.4. The van der Waals surface area contributed by atoms with E-state index in [1.807, 2.05) is 13.8 Å². The van der Waals surface area contributed by atoms with Crippen molar-refractivity contribution < 1.29 is 24.4 Å². The topological polar surface area (TPSA) is 57.2 Å². The molecular weight excluding hydrogens is 260 g/mol. The molecule has 5 nitrogen and oxygen atoms in total. The summed E-state index contributed by atoms with van der Waals surface area (Å²) in [5, 5.41) is 10.8. The van der Waals surface area contributed by atoms with E-state index in [1.165, 1.54) is 0 Å². The van der Waals surface area contributed by atoms with Crippen molar-refractivity contribution in [3.8, 4) is 0 Å². The van der Waals surface area contributed by atoms with Crippen molar-refractivity contribution in [1.29, 1.82) is 0 Å². The molecule has 5 aliphatic rings. The highest BCUT2D eigenvalue weighted by Crippen LogP contribution is 2.60. The smallest absolute Gasteiger partial charge is 0.201 e. The van der Waals surface area contributed by atoms with Crippen LogP contribution >= 0.6 is 0 Å². The highest BCUT2D eigenvalue weighted by Gasteiger charge is 2.70. The van der Waals surface area contributed by atoms with Gasteiger partial charge in [0.15, 0.2) is 11.9 Å². The molecule has 5 rings (SSSR count). The number of fused-ring (bicyclic) bond motifs is 2. The Bertz CT molecular complexity index is 424. The molecule has 20 heavy (non-hydrogen) atoms. The zero-order valence-electron chi connectivity index (χ0n) is 12.4. The summed E-state index contributed by atoms with van der Waals surface area (Å²) in [6, 6.07) is 0. The van der Waals surface area contributed by atoms with Crippen LogP contribution in [0.1, 0.15) is 46.5 Å². The second-order valence-electron chi connectivity index (χ2n) is 7.52. The van der Waals surface area contributed by atoms with Gasteiger partial charge in [-0.05, 0) is 44.9 Å². The average Bonchev–Trinajstić information content (AvgIpc) is 2.61. The van der Waals surface area contributed by atoms with Crippen molar-refractivity contribution >= 4 is 0 Å². The summed E-state index contributed by atoms with van der Waals surface area (Å²) in [5.74, 6) is 0.111. The average molecular weight is 284 g/mol. The molecule has 7 atom stereocenters. The fraction of sp³-hybridized carbons (Fsp3) is 1.00. The first-order valence-corrected chi connectivity index (χ1v) is 7.76. The van der Waals surface area contributed by atoms with E-state index in [0.717, 1.165) is 25.7 Å². The van der Waals surface area contributed by atoms with Crippen molar-refractivity contribution in [2.75, 3.05) is 6.61 Å². The lowest BCUT2D eigenvalue weighted by atomic mass is 9.57. The molecule has 1 spiro atoms. The van der Waals surface area contributed by atoms with E-state index >= 15 is 0 Å². The predicted octanol–water partition coefficient (Wildman–Crippen LogP) is 1.98. The third-order valence-corrected chi connectivity index (χ3v) is 6.00. The Kier molecular flexibility index (Phi) is 2.66. The van der Waals surface area contributed by atoms with Crippen molar-refractivity contribution in [2.45, 2.75) is 69.7 Å². The first kappa shape index (κ1) is 13.5. The summed E-state index contributed by atoms with van der Waals surface area (Å²) < 4.78 is 12.0. The molecular formula is C15H24O5. The van der Waals surface area contributed by atoms with Crippen LogP contribution < -0.4 is 0 Å². The van der Waals surface area contributed by atoms with Gasteiger partial charge in [-0.15, -0.1) is 0 Å². The maximum Gasteiger partial charge on any atom is 0.201 e. The molecule has 0 aromatic rings. The van der Waals surface area contributed by atoms with Crippen molar-refractivity contribution in [3.63, 3.8) is 0 Å². The Morgan fingerprint density at radius 1 is 1.10 bits per heavy atom. The van der Waals surface area contributed by atoms with Crippen molar-refractivity contribution in [2.24, 2.45) is 17.8 Å². The maximum atomic E-state index is 10.8. The molecule has 5 fully saturated rings. The third kappa shape index (κ3) is 1.56. The van der Waals surface area contributed by atoms with Gasteiger partial charge in [-0.2, -0.15) is 0 Å². The Hall–Kier alpha value is -0.200. The summed E-state index contributed by atoms with van der Waals surface area (Å²) >= 11 is 0. The number of hydrogen-bond donors (Lipinski definition) is 1. The van der Waals surface area contributed by atoms with Gasteiger partial charge >= 0.3 is 0 Å². The Morgan fingerprint density at radius 3 is 2.70 bits per heavy atom. The lowest BCUT2D eigenvalue weighted by Gasteiger charge is -2.60. The second kappa shape index (κ2) is 3.96. The quantitative estimate of drug-likeness (QED) is 0.689. The van der Waals surface area contributed by atoms with E-state index in [2.05, 4.69) is 6.92 Å². The zero-order chi connectivity index (χ0) is 14.2. The molecule has 0 radical (unpaired) electrons. The number of aliphatic hydroxyl groups is 1. The fourth-order valence-corrected chi connectivity index (χ4v) is 4.89. The molecule has 0 aromatic heterocycles. The second-order valence-corrected chi connectivity index (χ2v) is 7.52. The molecule has 4 aliphatic heterocycles. The Morgan fingerprint density at radius 2 is 1.90 bits per heavy atom. The minimum atomic E-state index is -0.889. The fourth-order valence-electron chi connectivity index (χ4n) is 4.89. The molecule has 0 amide bonds. The maximum absolute atomic E-state index is 10.8. The van der Waals surface area contributed by atoms with Crippen LogP contribution in [0.25, 0.3) is 0 Å². The Balaban J connectivity index is 1.83. The number of hydrogen-bond acceptors (Lipinski definition) is 5. The summed E-state index contributed by atoms with van der Waals surface area (Å²) in [7, 11) is 0. The van der Waals surface area contributed by atoms with Crippen LogP contribution in [-0.4, -0.2) is 35.0 Å². The first-order chi connectivity index (χ1) is 9.37. The minimum Gasteiger partial charge on any atom is -0.387 e. The van der Waals surface area contributed by atoms with Crippen molar-refractivity contribution in [3.05, 3.63) is 0 Å². The van der Waals surface area contributed by atoms with E-state index in [-0.39, 0.29) is 5.92 Å². The standard InChI is InChI=1S/C15H24O5/c1-9-4-5-11-13(2,16)8-17-12-15(11)10(9)6-7-14(3,18-12)19-20-15/h9-12,16H,4-8H2,1-3H3/t9-,10+,11?,12-,13+,14-,15-/m1/s1. The largest absolute Gasteiger partial charge is 0.387 e. The van der Waals surface area contributed by atoms with Gasteiger partial charge in [0.25, 0.3) is 0 Å². The van der Waals surface area contributed by atoms with Crippen LogP contribution in [0.3, 0.4) is 0 Å². The van der Waals surface area contributed by atoms with Gasteiger partial charge in [0, 0.05) is 12.3 Å². The van der Waals surface area contributed by atoms with Crippen LogP contribution in [0.15, 0.2) is 0 Å². The van der Waals surface area contributed by atoms with Gasteiger partial charge in [-0.25, -0.2) is 9.78 Å². The van der Waals surface area contributed by atoms with Gasteiger partial charge in [0.1, 0.15) is 0 Å². The van der Waals surface area contributed by atoms with Gasteiger partial charge < -0.3 is 14.6 Å². The van der Waals surface area contributed by atoms with Crippen LogP contribution in [0.2, 0.25) is 0 Å². The lowest BCUT2D eigenvalue weighted by molar-refractivity contribution is -0.571. The molecule has 4 saturated heterocycles. The molecule has 2 bridgehead atoms.